The number of aromatic nitrogens is 2. The average molecular weight is 406 g/mol. The zero-order valence-corrected chi connectivity index (χ0v) is 16.1. The maximum atomic E-state index is 15.0. The number of nitrogens with zero attached hydrogens (tertiary/aromatic N) is 4. The van der Waals surface area contributed by atoms with Crippen LogP contribution in [0.1, 0.15) is 18.4 Å². The van der Waals surface area contributed by atoms with Gasteiger partial charge in [-0.2, -0.15) is 5.26 Å². The summed E-state index contributed by atoms with van der Waals surface area (Å²) >= 11 is 0. The summed E-state index contributed by atoms with van der Waals surface area (Å²) in [5.41, 5.74) is 13.7. The molecule has 1 saturated carbocycles. The van der Waals surface area contributed by atoms with Crippen LogP contribution in [0.15, 0.2) is 30.7 Å². The number of hydrogen-bond donors (Lipinski definition) is 3. The molecule has 2 heterocycles. The minimum absolute atomic E-state index is 0.0848. The summed E-state index contributed by atoms with van der Waals surface area (Å²) in [4.78, 5) is 21.2. The molecule has 0 unspecified atom stereocenters. The minimum Gasteiger partial charge on any atom is -0.465 e. The molecule has 1 fully saturated rings. The van der Waals surface area contributed by atoms with E-state index in [4.69, 9.17) is 16.7 Å². The zero-order chi connectivity index (χ0) is 21.6. The third-order valence-electron chi connectivity index (χ3n) is 5.64. The van der Waals surface area contributed by atoms with Gasteiger partial charge in [0.2, 0.25) is 0 Å². The molecular formula is C21H19FN6O2. The van der Waals surface area contributed by atoms with Gasteiger partial charge in [0.05, 0.1) is 29.6 Å². The molecule has 1 aliphatic rings. The number of pyridine rings is 2. The first kappa shape index (κ1) is 19.4. The molecular weight excluding hydrogens is 387 g/mol. The van der Waals surface area contributed by atoms with Crippen LogP contribution in [-0.2, 0) is 0 Å². The maximum absolute atomic E-state index is 15.0. The first-order valence-electron chi connectivity index (χ1n) is 9.31. The Hall–Kier alpha value is -3.93. The van der Waals surface area contributed by atoms with Crippen molar-refractivity contribution in [2.75, 3.05) is 16.4 Å². The molecule has 2 aromatic heterocycles. The maximum Gasteiger partial charge on any atom is 0.413 e. The quantitative estimate of drug-likeness (QED) is 0.563. The Kier molecular flexibility index (Phi) is 4.62. The molecule has 4 rings (SSSR count). The van der Waals surface area contributed by atoms with Crippen LogP contribution in [0.3, 0.4) is 0 Å². The molecule has 0 spiro atoms. The number of carbonyl (C=O) groups is 1. The van der Waals surface area contributed by atoms with Gasteiger partial charge < -0.3 is 16.6 Å². The van der Waals surface area contributed by atoms with E-state index in [-0.39, 0.29) is 29.0 Å². The van der Waals surface area contributed by atoms with E-state index in [1.165, 1.54) is 18.6 Å². The molecule has 1 amide bonds. The second-order valence-electron chi connectivity index (χ2n) is 7.42. The highest BCUT2D eigenvalue weighted by atomic mass is 19.1. The number of carboxylic acid groups (broad SMARTS) is 1. The number of hydrogen-bond acceptors (Lipinski definition) is 6. The SMILES string of the molecule is Cc1c(N)cncc1-c1cc2cc(N(C(=O)O)C3CC(C#N)C3)ncc2c(N)c1F. The van der Waals surface area contributed by atoms with Crippen molar-refractivity contribution in [3.8, 4) is 17.2 Å². The number of halogens is 1. The van der Waals surface area contributed by atoms with Gasteiger partial charge in [0.1, 0.15) is 5.82 Å². The zero-order valence-electron chi connectivity index (χ0n) is 16.1. The molecule has 30 heavy (non-hydrogen) atoms. The van der Waals surface area contributed by atoms with Gasteiger partial charge in [-0.15, -0.1) is 0 Å². The second kappa shape index (κ2) is 7.15. The lowest BCUT2D eigenvalue weighted by molar-refractivity contribution is 0.189. The van der Waals surface area contributed by atoms with Crippen LogP contribution in [0.5, 0.6) is 0 Å². The minimum atomic E-state index is -1.16. The van der Waals surface area contributed by atoms with Gasteiger partial charge in [-0.1, -0.05) is 0 Å². The van der Waals surface area contributed by atoms with E-state index < -0.39 is 11.9 Å². The van der Waals surface area contributed by atoms with E-state index in [0.29, 0.717) is 40.4 Å². The Morgan fingerprint density at radius 1 is 1.27 bits per heavy atom. The number of benzene rings is 1. The fraction of sp³-hybridized carbons (Fsp3) is 0.238. The largest absolute Gasteiger partial charge is 0.465 e. The molecule has 5 N–H and O–H groups in total. The van der Waals surface area contributed by atoms with Crippen LogP contribution in [0.2, 0.25) is 0 Å². The van der Waals surface area contributed by atoms with Crippen LogP contribution >= 0.6 is 0 Å². The van der Waals surface area contributed by atoms with E-state index in [9.17, 15) is 9.90 Å². The lowest BCUT2D eigenvalue weighted by Crippen LogP contribution is -2.47. The standard InChI is InChI=1S/C21H19FN6O2/c1-10-15(7-26-9-17(10)24)14-4-12-5-18(27-8-16(12)20(25)19(14)22)28(21(29)30)13-2-11(3-13)6-23/h4-5,7-9,11,13H,2-3,24-25H2,1H3,(H,29,30). The van der Waals surface area contributed by atoms with Crippen LogP contribution in [0.4, 0.5) is 26.4 Å². The van der Waals surface area contributed by atoms with Gasteiger partial charge in [0.15, 0.2) is 5.82 Å². The molecule has 3 aromatic rings. The molecule has 9 heteroatoms. The summed E-state index contributed by atoms with van der Waals surface area (Å²) in [6.45, 7) is 1.76. The topological polar surface area (TPSA) is 142 Å². The van der Waals surface area contributed by atoms with Gasteiger partial charge >= 0.3 is 6.09 Å². The number of amides is 1. The summed E-state index contributed by atoms with van der Waals surface area (Å²) in [6, 6.07) is 4.98. The molecule has 1 aliphatic carbocycles. The van der Waals surface area contributed by atoms with E-state index in [1.54, 1.807) is 19.1 Å². The normalized spacial score (nSPS) is 17.9. The van der Waals surface area contributed by atoms with Gasteiger partial charge in [-0.05, 0) is 42.8 Å². The van der Waals surface area contributed by atoms with Crippen LogP contribution < -0.4 is 16.4 Å². The predicted octanol–water partition coefficient (Wildman–Crippen LogP) is 3.70. The highest BCUT2D eigenvalue weighted by Gasteiger charge is 2.37. The summed E-state index contributed by atoms with van der Waals surface area (Å²) in [6.07, 6.45) is 4.11. The number of nitrogens with two attached hydrogens (primary N) is 2. The molecule has 0 aliphatic heterocycles. The van der Waals surface area contributed by atoms with Crippen LogP contribution in [0, 0.1) is 30.0 Å². The van der Waals surface area contributed by atoms with Crippen molar-refractivity contribution in [1.29, 1.82) is 5.26 Å². The smallest absolute Gasteiger partial charge is 0.413 e. The van der Waals surface area contributed by atoms with Gasteiger partial charge in [0.25, 0.3) is 0 Å². The number of nitrogen functional groups attached to an aromatic ring is 2. The summed E-state index contributed by atoms with van der Waals surface area (Å²) < 4.78 is 15.0. The van der Waals surface area contributed by atoms with Gasteiger partial charge in [-0.25, -0.2) is 14.2 Å². The second-order valence-corrected chi connectivity index (χ2v) is 7.42. The Morgan fingerprint density at radius 3 is 2.67 bits per heavy atom. The van der Waals surface area contributed by atoms with Gasteiger partial charge in [-0.3, -0.25) is 9.88 Å². The van der Waals surface area contributed by atoms with E-state index in [2.05, 4.69) is 16.0 Å². The molecule has 0 saturated heterocycles. The Balaban J connectivity index is 1.84. The molecule has 0 atom stereocenters. The third-order valence-corrected chi connectivity index (χ3v) is 5.64. The van der Waals surface area contributed by atoms with Crippen LogP contribution in [-0.4, -0.2) is 27.2 Å². The number of fused-ring (bicyclic) bond motifs is 1. The molecule has 0 bridgehead atoms. The first-order chi connectivity index (χ1) is 14.3. The van der Waals surface area contributed by atoms with E-state index in [1.807, 2.05) is 0 Å². The van der Waals surface area contributed by atoms with Crippen molar-refractivity contribution in [1.82, 2.24) is 9.97 Å². The molecule has 8 nitrogen and oxygen atoms in total. The summed E-state index contributed by atoms with van der Waals surface area (Å²) in [5, 5.41) is 19.6. The van der Waals surface area contributed by atoms with Crippen molar-refractivity contribution >= 4 is 34.1 Å². The Labute approximate surface area is 171 Å². The number of nitriles is 1. The number of rotatable bonds is 3. The lowest BCUT2D eigenvalue weighted by Gasteiger charge is -2.37. The van der Waals surface area contributed by atoms with E-state index >= 15 is 4.39 Å². The van der Waals surface area contributed by atoms with Crippen molar-refractivity contribution in [2.45, 2.75) is 25.8 Å². The number of anilines is 3. The first-order valence-corrected chi connectivity index (χ1v) is 9.31. The monoisotopic (exact) mass is 406 g/mol. The van der Waals surface area contributed by atoms with Crippen molar-refractivity contribution < 1.29 is 14.3 Å². The molecule has 1 aromatic carbocycles. The molecule has 0 radical (unpaired) electrons. The fourth-order valence-corrected chi connectivity index (χ4v) is 3.77. The predicted molar refractivity (Wildman–Crippen MR) is 111 cm³/mol. The van der Waals surface area contributed by atoms with Crippen molar-refractivity contribution in [2.24, 2.45) is 5.92 Å². The Morgan fingerprint density at radius 2 is 2.00 bits per heavy atom. The summed E-state index contributed by atoms with van der Waals surface area (Å²) in [5.74, 6) is -0.568. The third kappa shape index (κ3) is 3.03. The van der Waals surface area contributed by atoms with Crippen LogP contribution in [0.25, 0.3) is 21.9 Å². The lowest BCUT2D eigenvalue weighted by atomic mass is 9.80. The van der Waals surface area contributed by atoms with Gasteiger partial charge in [0, 0.05) is 34.9 Å². The highest BCUT2D eigenvalue weighted by molar-refractivity contribution is 5.99. The highest BCUT2D eigenvalue weighted by Crippen LogP contribution is 2.38. The summed E-state index contributed by atoms with van der Waals surface area (Å²) in [7, 11) is 0. The van der Waals surface area contributed by atoms with Crippen molar-refractivity contribution in [3.05, 3.63) is 42.1 Å². The van der Waals surface area contributed by atoms with E-state index in [0.717, 1.165) is 4.90 Å². The van der Waals surface area contributed by atoms with Crippen molar-refractivity contribution in [3.63, 3.8) is 0 Å². The fourth-order valence-electron chi connectivity index (χ4n) is 3.77. The molecule has 152 valence electrons. The average Bonchev–Trinajstić information content (AvgIpc) is 2.68. The Bertz CT molecular complexity index is 1220.